The number of nitrogens with one attached hydrogen (secondary N) is 6. The number of carbonyl (C=O) groups excluding carboxylic acids is 6. The highest BCUT2D eigenvalue weighted by Gasteiger charge is 2.35. The Morgan fingerprint density at radius 1 is 0.364 bits per heavy atom. The van der Waals surface area contributed by atoms with Crippen molar-refractivity contribution in [3.8, 4) is 0 Å². The molecule has 0 radical (unpaired) electrons. The molecule has 11 aromatic carbocycles. The van der Waals surface area contributed by atoms with Gasteiger partial charge in [0.05, 0.1) is 18.1 Å². The topological polar surface area (TPSA) is 378 Å². The molecular formula is C95H108F2N18O6. The summed E-state index contributed by atoms with van der Waals surface area (Å²) in [6.07, 6.45) is 5.66. The van der Waals surface area contributed by atoms with Gasteiger partial charge in [-0.15, -0.1) is 0 Å². The number of hydrogen-bond acceptors (Lipinski definition) is 12. The van der Waals surface area contributed by atoms with Crippen LogP contribution in [0.2, 0.25) is 0 Å². The molecule has 18 N–H and O–H groups in total. The predicted molar refractivity (Wildman–Crippen MR) is 477 cm³/mol. The molecule has 0 aliphatic carbocycles. The van der Waals surface area contributed by atoms with Crippen molar-refractivity contribution in [2.45, 2.75) is 113 Å². The smallest absolute Gasteiger partial charge is 0.251 e. The Kier molecular flexibility index (Phi) is 31.3. The molecule has 6 amide bonds. The highest BCUT2D eigenvalue weighted by atomic mass is 19.1. The average molecular weight is 1640 g/mol. The third-order valence-corrected chi connectivity index (χ3v) is 22.1. The summed E-state index contributed by atoms with van der Waals surface area (Å²) in [5.74, 6) is -1.33. The number of amides is 6. The van der Waals surface area contributed by atoms with Crippen LogP contribution in [-0.4, -0.2) is 170 Å². The molecule has 628 valence electrons. The van der Waals surface area contributed by atoms with Crippen molar-refractivity contribution >= 4 is 96.4 Å². The van der Waals surface area contributed by atoms with Gasteiger partial charge < -0.3 is 81.0 Å². The second-order valence-electron chi connectivity index (χ2n) is 30.9. The van der Waals surface area contributed by atoms with Crippen LogP contribution in [0.5, 0.6) is 0 Å². The minimum Gasteiger partial charge on any atom is -0.370 e. The first-order valence-electron chi connectivity index (χ1n) is 41.4. The molecule has 3 fully saturated rings. The van der Waals surface area contributed by atoms with E-state index in [1.54, 1.807) is 35.2 Å². The van der Waals surface area contributed by atoms with Crippen LogP contribution in [0.1, 0.15) is 117 Å². The highest BCUT2D eigenvalue weighted by molar-refractivity contribution is 6.01. The Labute approximate surface area is 704 Å². The lowest BCUT2D eigenvalue weighted by Gasteiger charge is -2.29. The van der Waals surface area contributed by atoms with Crippen LogP contribution < -0.4 is 66.3 Å². The minimum absolute atomic E-state index is 0.00695. The van der Waals surface area contributed by atoms with Crippen LogP contribution in [-0.2, 0) is 27.5 Å². The summed E-state index contributed by atoms with van der Waals surface area (Å²) < 4.78 is 27.6. The standard InChI is InChI=1S/C35H38F2N6O2.C32H36N6O2.C28H34N6O2/c36-28-13-9-24(10-14-28)31(25-11-15-29(37)16-12-25)22-43-19-17-30(42-32(34(43)45)6-3-18-40-35(38)39)21-41-33(44)27-8-7-23-4-1-2-5-26(23)20-27;33-32(34)35-16-5-10-29-31(40)38(21-22-11-12-23-6-1-3-8-25(23)18-22)17-15-28(37-29)20-36-30(39)27-14-13-24-7-2-4-9-26(24)19-27;29-28(30)31-15-6-11-25-27(36)34(19-20-7-2-1-3-8-20)16-14-24(33-25)18-32-26(35)23-13-12-21-9-4-5-10-22(21)17-23/h1-2,4-5,7-16,20,30-32,42H,3,6,17-19,21-22H2,(H,41,44)(H4,38,39,40);1-4,6-9,11-14,18-19,28-29,37H,5,10,15-17,20-21H2,(H,36,39)(H4,33,34,35);1-5,7-10,12-13,17,24-25,33H,6,11,14-16,18-19H2,(H,32,35)(H4,29,30,31)/t30-,32-;28-,29-;24-,25-/m000/s1. The summed E-state index contributed by atoms with van der Waals surface area (Å²) in [6, 6.07) is 76.2. The lowest BCUT2D eigenvalue weighted by molar-refractivity contribution is -0.134. The van der Waals surface area contributed by atoms with Gasteiger partial charge in [-0.25, -0.2) is 8.78 Å². The molecule has 11 aromatic rings. The molecule has 0 unspecified atom stereocenters. The largest absolute Gasteiger partial charge is 0.370 e. The van der Waals surface area contributed by atoms with Gasteiger partial charge in [0.1, 0.15) is 11.6 Å². The maximum atomic E-state index is 14.0. The average Bonchev–Trinajstić information content (AvgIpc) is 1.77. The number of guanidine groups is 3. The Hall–Kier alpha value is -13.2. The second kappa shape index (κ2) is 43.5. The van der Waals surface area contributed by atoms with E-state index in [1.807, 2.05) is 174 Å². The maximum Gasteiger partial charge on any atom is 0.251 e. The summed E-state index contributed by atoms with van der Waals surface area (Å²) in [4.78, 5) is 97.8. The van der Waals surface area contributed by atoms with E-state index in [9.17, 15) is 37.5 Å². The summed E-state index contributed by atoms with van der Waals surface area (Å²) >= 11 is 0. The van der Waals surface area contributed by atoms with Crippen molar-refractivity contribution in [1.29, 1.82) is 0 Å². The number of hydrogen-bond donors (Lipinski definition) is 12. The Morgan fingerprint density at radius 3 is 1.02 bits per heavy atom. The molecule has 3 heterocycles. The lowest BCUT2D eigenvalue weighted by atomic mass is 9.90. The number of nitrogens with zero attached hydrogens (tertiary/aromatic N) is 6. The van der Waals surface area contributed by atoms with E-state index in [-0.39, 0.29) is 101 Å². The summed E-state index contributed by atoms with van der Waals surface area (Å²) in [5.41, 5.74) is 38.4. The number of halogens is 2. The van der Waals surface area contributed by atoms with E-state index in [0.29, 0.717) is 140 Å². The Bertz CT molecular complexity index is 5390. The zero-order chi connectivity index (χ0) is 85.0. The molecule has 6 atom stereocenters. The van der Waals surface area contributed by atoms with Crippen molar-refractivity contribution in [2.24, 2.45) is 49.4 Å². The maximum absolute atomic E-state index is 14.0. The zero-order valence-corrected chi connectivity index (χ0v) is 67.9. The quantitative estimate of drug-likeness (QED) is 0.0118. The number of aliphatic imine (C=N–C) groups is 3. The van der Waals surface area contributed by atoms with Crippen molar-refractivity contribution in [3.63, 3.8) is 0 Å². The molecule has 24 nitrogen and oxygen atoms in total. The van der Waals surface area contributed by atoms with Gasteiger partial charge in [0.25, 0.3) is 17.7 Å². The van der Waals surface area contributed by atoms with Crippen LogP contribution in [0, 0.1) is 11.6 Å². The van der Waals surface area contributed by atoms with Gasteiger partial charge in [-0.1, -0.05) is 182 Å². The van der Waals surface area contributed by atoms with Crippen LogP contribution >= 0.6 is 0 Å². The van der Waals surface area contributed by atoms with E-state index >= 15 is 0 Å². The molecule has 3 aliphatic rings. The number of fused-ring (bicyclic) bond motifs is 4. The first kappa shape index (κ1) is 87.2. The van der Waals surface area contributed by atoms with Crippen molar-refractivity contribution in [3.05, 3.63) is 299 Å². The zero-order valence-electron chi connectivity index (χ0n) is 67.9. The van der Waals surface area contributed by atoms with Gasteiger partial charge in [-0.2, -0.15) is 0 Å². The number of benzene rings is 11. The molecule has 0 aromatic heterocycles. The van der Waals surface area contributed by atoms with Gasteiger partial charge in [-0.05, 0) is 190 Å². The van der Waals surface area contributed by atoms with Crippen LogP contribution in [0.15, 0.2) is 264 Å². The van der Waals surface area contributed by atoms with Crippen LogP contribution in [0.25, 0.3) is 43.1 Å². The lowest BCUT2D eigenvalue weighted by Crippen LogP contribution is -2.49. The first-order valence-corrected chi connectivity index (χ1v) is 41.4. The van der Waals surface area contributed by atoms with E-state index in [0.717, 1.165) is 72.8 Å². The third kappa shape index (κ3) is 25.7. The molecule has 3 saturated heterocycles. The van der Waals surface area contributed by atoms with Crippen molar-refractivity contribution in [2.75, 3.05) is 65.4 Å². The molecular weight excluding hydrogens is 1530 g/mol. The second-order valence-corrected chi connectivity index (χ2v) is 30.9. The summed E-state index contributed by atoms with van der Waals surface area (Å²) in [7, 11) is 0. The normalized spacial score (nSPS) is 17.4. The van der Waals surface area contributed by atoms with Gasteiger partial charge >= 0.3 is 0 Å². The highest BCUT2D eigenvalue weighted by Crippen LogP contribution is 2.30. The predicted octanol–water partition coefficient (Wildman–Crippen LogP) is 10.2. The molecule has 0 saturated carbocycles. The Morgan fingerprint density at radius 2 is 0.669 bits per heavy atom. The van der Waals surface area contributed by atoms with Gasteiger partial charge in [0, 0.05) is 119 Å². The van der Waals surface area contributed by atoms with E-state index in [2.05, 4.69) is 77.2 Å². The molecule has 26 heteroatoms. The van der Waals surface area contributed by atoms with E-state index in [1.165, 1.54) is 29.7 Å². The van der Waals surface area contributed by atoms with E-state index in [4.69, 9.17) is 34.4 Å². The molecule has 14 rings (SSSR count). The van der Waals surface area contributed by atoms with Gasteiger partial charge in [-0.3, -0.25) is 43.7 Å². The Balaban J connectivity index is 0.000000167. The van der Waals surface area contributed by atoms with Crippen molar-refractivity contribution < 1.29 is 37.5 Å². The number of carbonyl (C=O) groups is 6. The fraction of sp³-hybridized carbons (Fsp3) is 0.295. The first-order chi connectivity index (χ1) is 58.7. The van der Waals surface area contributed by atoms with Gasteiger partial charge in [0.2, 0.25) is 17.7 Å². The minimum atomic E-state index is -0.536. The number of nitrogens with two attached hydrogens (primary N) is 6. The van der Waals surface area contributed by atoms with Crippen LogP contribution in [0.3, 0.4) is 0 Å². The van der Waals surface area contributed by atoms with Crippen molar-refractivity contribution in [1.82, 2.24) is 46.6 Å². The summed E-state index contributed by atoms with van der Waals surface area (Å²) in [5, 5.41) is 28.3. The fourth-order valence-electron chi connectivity index (χ4n) is 15.7. The summed E-state index contributed by atoms with van der Waals surface area (Å²) in [6.45, 7) is 5.55. The van der Waals surface area contributed by atoms with Gasteiger partial charge in [0.15, 0.2) is 17.9 Å². The SMILES string of the molecule is NC(N)=NCCC[C@@H]1N[C@H](CNC(=O)c2ccc3ccccc3c2)CCN(CC(c2ccc(F)cc2)c2ccc(F)cc2)C1=O.NC(N)=NCCC[C@@H]1N[C@H](CNC(=O)c2ccc3ccccc3c2)CCN(Cc2ccc3ccccc3c2)C1=O.NC(N)=NCCC[C@@H]1N[C@H](CNC(=O)c2ccc3ccccc3c2)CCN(Cc2ccccc2)C1=O. The monoisotopic (exact) mass is 1630 g/mol. The molecule has 121 heavy (non-hydrogen) atoms. The number of rotatable bonds is 29. The third-order valence-electron chi connectivity index (χ3n) is 22.1. The molecule has 0 spiro atoms. The molecule has 0 bridgehead atoms. The fourth-order valence-corrected chi connectivity index (χ4v) is 15.7. The van der Waals surface area contributed by atoms with Crippen LogP contribution in [0.4, 0.5) is 8.78 Å². The van der Waals surface area contributed by atoms with E-state index < -0.39 is 6.04 Å². The molecule has 3 aliphatic heterocycles.